The average molecular weight is 209 g/mol. The van der Waals surface area contributed by atoms with Gasteiger partial charge in [-0.15, -0.1) is 0 Å². The minimum absolute atomic E-state index is 0.0141. The van der Waals surface area contributed by atoms with Crippen LogP contribution in [0.3, 0.4) is 0 Å². The molecule has 1 rings (SSSR count). The van der Waals surface area contributed by atoms with E-state index in [-0.39, 0.29) is 22.8 Å². The first-order valence-corrected chi connectivity index (χ1v) is 6.63. The third kappa shape index (κ3) is 2.13. The van der Waals surface area contributed by atoms with Gasteiger partial charge in [0.05, 0.1) is 17.5 Å². The number of hydrogen-bond donors (Lipinski definition) is 1. The number of amides is 1. The highest BCUT2D eigenvalue weighted by molar-refractivity contribution is 8.01. The molecule has 0 aromatic carbocycles. The Morgan fingerprint density at radius 1 is 1.50 bits per heavy atom. The fourth-order valence-corrected chi connectivity index (χ4v) is 4.83. The molecule has 0 aromatic heterocycles. The van der Waals surface area contributed by atoms with Gasteiger partial charge in [-0.3, -0.25) is 4.79 Å². The van der Waals surface area contributed by atoms with Gasteiger partial charge in [-0.1, -0.05) is 0 Å². The first kappa shape index (κ1) is 9.85. The van der Waals surface area contributed by atoms with Gasteiger partial charge in [-0.05, 0) is 6.26 Å². The van der Waals surface area contributed by atoms with E-state index in [1.165, 1.54) is 11.8 Å². The molecule has 1 aliphatic heterocycles. The minimum atomic E-state index is -2.92. The summed E-state index contributed by atoms with van der Waals surface area (Å²) in [5.74, 6) is 0.261. The average Bonchev–Trinajstić information content (AvgIpc) is 2.26. The van der Waals surface area contributed by atoms with E-state index in [4.69, 9.17) is 0 Å². The molecule has 2 atom stereocenters. The van der Waals surface area contributed by atoms with Crippen molar-refractivity contribution in [1.82, 2.24) is 5.32 Å². The lowest BCUT2D eigenvalue weighted by Gasteiger charge is -2.13. The molecule has 1 N–H and O–H groups in total. The number of sulfone groups is 1. The summed E-state index contributed by atoms with van der Waals surface area (Å²) in [4.78, 5) is 10.1. The molecule has 4 nitrogen and oxygen atoms in total. The summed E-state index contributed by atoms with van der Waals surface area (Å²) < 4.78 is 22.2. The summed E-state index contributed by atoms with van der Waals surface area (Å²) in [7, 11) is -2.92. The van der Waals surface area contributed by atoms with Crippen molar-refractivity contribution in [3.63, 3.8) is 0 Å². The van der Waals surface area contributed by atoms with Gasteiger partial charge in [0.1, 0.15) is 0 Å². The SMILES string of the molecule is CS[C@@H]1CS(=O)(=O)C[C@@H]1NC=O. The van der Waals surface area contributed by atoms with Crippen molar-refractivity contribution in [2.75, 3.05) is 17.8 Å². The molecule has 1 aliphatic rings. The summed E-state index contributed by atoms with van der Waals surface area (Å²) in [5.41, 5.74) is 0. The Bertz CT molecular complexity index is 262. The van der Waals surface area contributed by atoms with Gasteiger partial charge in [0, 0.05) is 5.25 Å². The number of carbonyl (C=O) groups excluding carboxylic acids is 1. The van der Waals surface area contributed by atoms with Gasteiger partial charge in [0.2, 0.25) is 6.41 Å². The van der Waals surface area contributed by atoms with Gasteiger partial charge in [-0.2, -0.15) is 11.8 Å². The van der Waals surface area contributed by atoms with E-state index >= 15 is 0 Å². The minimum Gasteiger partial charge on any atom is -0.354 e. The Kier molecular flexibility index (Phi) is 3.00. The lowest BCUT2D eigenvalue weighted by atomic mass is 10.3. The fraction of sp³-hybridized carbons (Fsp3) is 0.833. The number of nitrogens with one attached hydrogen (secondary N) is 1. The van der Waals surface area contributed by atoms with Crippen LogP contribution in [0.25, 0.3) is 0 Å². The van der Waals surface area contributed by atoms with Crippen LogP contribution in [-0.4, -0.2) is 43.9 Å². The zero-order valence-corrected chi connectivity index (χ0v) is 8.32. The van der Waals surface area contributed by atoms with Gasteiger partial charge in [0.15, 0.2) is 9.84 Å². The highest BCUT2D eigenvalue weighted by Crippen LogP contribution is 2.22. The van der Waals surface area contributed by atoms with Gasteiger partial charge >= 0.3 is 0 Å². The molecule has 6 heteroatoms. The number of hydrogen-bond acceptors (Lipinski definition) is 4. The van der Waals surface area contributed by atoms with Crippen LogP contribution in [0.15, 0.2) is 0 Å². The van der Waals surface area contributed by atoms with E-state index in [0.29, 0.717) is 6.41 Å². The number of thioether (sulfide) groups is 1. The molecule has 1 fully saturated rings. The van der Waals surface area contributed by atoms with E-state index in [9.17, 15) is 13.2 Å². The third-order valence-corrected chi connectivity index (χ3v) is 4.93. The van der Waals surface area contributed by atoms with Crippen LogP contribution in [0.1, 0.15) is 0 Å². The predicted molar refractivity (Wildman–Crippen MR) is 48.9 cm³/mol. The van der Waals surface area contributed by atoms with Crippen molar-refractivity contribution in [3.05, 3.63) is 0 Å². The smallest absolute Gasteiger partial charge is 0.207 e. The maximum atomic E-state index is 11.1. The quantitative estimate of drug-likeness (QED) is 0.622. The lowest BCUT2D eigenvalue weighted by Crippen LogP contribution is -2.36. The molecule has 0 aromatic rings. The molecule has 0 radical (unpaired) electrons. The van der Waals surface area contributed by atoms with Gasteiger partial charge < -0.3 is 5.32 Å². The normalized spacial score (nSPS) is 33.1. The first-order valence-electron chi connectivity index (χ1n) is 3.52. The van der Waals surface area contributed by atoms with E-state index in [2.05, 4.69) is 5.32 Å². The van der Waals surface area contributed by atoms with Crippen molar-refractivity contribution in [2.45, 2.75) is 11.3 Å². The van der Waals surface area contributed by atoms with Crippen molar-refractivity contribution < 1.29 is 13.2 Å². The van der Waals surface area contributed by atoms with Crippen LogP contribution in [0.2, 0.25) is 0 Å². The Labute approximate surface area is 76.0 Å². The monoisotopic (exact) mass is 209 g/mol. The second kappa shape index (κ2) is 3.66. The van der Waals surface area contributed by atoms with E-state index in [0.717, 1.165) is 0 Å². The standard InChI is InChI=1S/C6H11NO3S2/c1-11-6-3-12(9,10)2-5(6)7-4-8/h4-6H,2-3H2,1H3,(H,7,8)/t5-,6+/m0/s1. The summed E-state index contributed by atoms with van der Waals surface area (Å²) in [6.45, 7) is 0. The lowest BCUT2D eigenvalue weighted by molar-refractivity contribution is -0.110. The molecule has 70 valence electrons. The van der Waals surface area contributed by atoms with Crippen LogP contribution in [-0.2, 0) is 14.6 Å². The van der Waals surface area contributed by atoms with Crippen LogP contribution in [0.5, 0.6) is 0 Å². The Morgan fingerprint density at radius 2 is 2.17 bits per heavy atom. The summed E-state index contributed by atoms with van der Waals surface area (Å²) >= 11 is 1.48. The molecule has 0 spiro atoms. The second-order valence-electron chi connectivity index (χ2n) is 2.74. The Hall–Kier alpha value is -0.230. The second-order valence-corrected chi connectivity index (χ2v) is 5.97. The topological polar surface area (TPSA) is 63.2 Å². The van der Waals surface area contributed by atoms with Crippen molar-refractivity contribution in [1.29, 1.82) is 0 Å². The van der Waals surface area contributed by atoms with Crippen molar-refractivity contribution in [3.8, 4) is 0 Å². The predicted octanol–water partition coefficient (Wildman–Crippen LogP) is -0.739. The van der Waals surface area contributed by atoms with E-state index in [1.807, 2.05) is 6.26 Å². The molecule has 0 saturated carbocycles. The molecule has 0 aliphatic carbocycles. The van der Waals surface area contributed by atoms with Crippen LogP contribution in [0.4, 0.5) is 0 Å². The molecule has 1 saturated heterocycles. The number of rotatable bonds is 3. The molecule has 1 heterocycles. The maximum Gasteiger partial charge on any atom is 0.207 e. The van der Waals surface area contributed by atoms with Gasteiger partial charge in [-0.25, -0.2) is 8.42 Å². The van der Waals surface area contributed by atoms with Crippen molar-refractivity contribution in [2.24, 2.45) is 0 Å². The largest absolute Gasteiger partial charge is 0.354 e. The van der Waals surface area contributed by atoms with E-state index in [1.54, 1.807) is 0 Å². The van der Waals surface area contributed by atoms with E-state index < -0.39 is 9.84 Å². The number of carbonyl (C=O) groups is 1. The zero-order valence-electron chi connectivity index (χ0n) is 6.69. The summed E-state index contributed by atoms with van der Waals surface area (Å²) in [5, 5.41) is 2.53. The van der Waals surface area contributed by atoms with Crippen LogP contribution < -0.4 is 5.32 Å². The zero-order chi connectivity index (χ0) is 9.19. The molecular weight excluding hydrogens is 198 g/mol. The van der Waals surface area contributed by atoms with Crippen molar-refractivity contribution >= 4 is 28.0 Å². The third-order valence-electron chi connectivity index (χ3n) is 1.89. The van der Waals surface area contributed by atoms with Crippen LogP contribution >= 0.6 is 11.8 Å². The Balaban J connectivity index is 2.69. The molecule has 1 amide bonds. The Morgan fingerprint density at radius 3 is 2.67 bits per heavy atom. The van der Waals surface area contributed by atoms with Gasteiger partial charge in [0.25, 0.3) is 0 Å². The maximum absolute atomic E-state index is 11.1. The molecular formula is C6H11NO3S2. The summed E-state index contributed by atoms with van der Waals surface area (Å²) in [6, 6.07) is -0.206. The molecule has 0 bridgehead atoms. The summed E-state index contributed by atoms with van der Waals surface area (Å²) in [6.07, 6.45) is 2.42. The highest BCUT2D eigenvalue weighted by Gasteiger charge is 2.36. The molecule has 12 heavy (non-hydrogen) atoms. The highest BCUT2D eigenvalue weighted by atomic mass is 32.2. The van der Waals surface area contributed by atoms with Crippen LogP contribution in [0, 0.1) is 0 Å². The molecule has 0 unspecified atom stereocenters. The first-order chi connectivity index (χ1) is 5.59. The fourth-order valence-electron chi connectivity index (χ4n) is 1.29.